The predicted molar refractivity (Wildman–Crippen MR) is 72.2 cm³/mol. The van der Waals surface area contributed by atoms with Crippen LogP contribution >= 0.6 is 0 Å². The van der Waals surface area contributed by atoms with Crippen molar-refractivity contribution in [3.63, 3.8) is 0 Å². The van der Waals surface area contributed by atoms with Crippen molar-refractivity contribution in [1.29, 1.82) is 0 Å². The third kappa shape index (κ3) is 3.12. The van der Waals surface area contributed by atoms with Crippen LogP contribution in [0.4, 0.5) is 5.69 Å². The Labute approximate surface area is 109 Å². The second-order valence-corrected chi connectivity index (χ2v) is 5.78. The SMILES string of the molecule is CC1CCC(C(C)C)C(Oc2ncc(N)cn2)C1. The molecule has 0 spiro atoms. The normalized spacial score (nSPS) is 28.3. The van der Waals surface area contributed by atoms with Gasteiger partial charge >= 0.3 is 6.01 Å². The molecule has 1 fully saturated rings. The van der Waals surface area contributed by atoms with E-state index in [1.54, 1.807) is 12.4 Å². The first-order valence-electron chi connectivity index (χ1n) is 6.80. The Balaban J connectivity index is 2.06. The molecule has 1 heterocycles. The standard InChI is InChI=1S/C14H23N3O/c1-9(2)12-5-4-10(3)6-13(12)18-14-16-7-11(15)8-17-14/h7-10,12-13H,4-6,15H2,1-3H3. The summed E-state index contributed by atoms with van der Waals surface area (Å²) in [5.74, 6) is 1.96. The smallest absolute Gasteiger partial charge is 0.316 e. The van der Waals surface area contributed by atoms with Gasteiger partial charge in [-0.1, -0.05) is 27.2 Å². The number of anilines is 1. The van der Waals surface area contributed by atoms with Gasteiger partial charge in [0.05, 0.1) is 18.1 Å². The second-order valence-electron chi connectivity index (χ2n) is 5.78. The summed E-state index contributed by atoms with van der Waals surface area (Å²) < 4.78 is 5.98. The summed E-state index contributed by atoms with van der Waals surface area (Å²) in [5, 5.41) is 0. The summed E-state index contributed by atoms with van der Waals surface area (Å²) in [7, 11) is 0. The van der Waals surface area contributed by atoms with Crippen molar-refractivity contribution in [3.8, 4) is 6.01 Å². The quantitative estimate of drug-likeness (QED) is 0.894. The lowest BCUT2D eigenvalue weighted by Gasteiger charge is -2.36. The van der Waals surface area contributed by atoms with Crippen molar-refractivity contribution in [2.45, 2.75) is 46.1 Å². The van der Waals surface area contributed by atoms with E-state index in [1.165, 1.54) is 12.8 Å². The topological polar surface area (TPSA) is 61.0 Å². The molecule has 3 unspecified atom stereocenters. The summed E-state index contributed by atoms with van der Waals surface area (Å²) in [6.07, 6.45) is 7.05. The van der Waals surface area contributed by atoms with Gasteiger partial charge in [-0.25, -0.2) is 9.97 Å². The third-order valence-corrected chi connectivity index (χ3v) is 3.87. The molecule has 0 radical (unpaired) electrons. The zero-order valence-electron chi connectivity index (χ0n) is 11.5. The van der Waals surface area contributed by atoms with Crippen LogP contribution in [0.25, 0.3) is 0 Å². The highest BCUT2D eigenvalue weighted by molar-refractivity contribution is 5.30. The molecule has 1 aromatic rings. The van der Waals surface area contributed by atoms with Crippen LogP contribution in [0.2, 0.25) is 0 Å². The van der Waals surface area contributed by atoms with Crippen molar-refractivity contribution in [2.75, 3.05) is 5.73 Å². The minimum absolute atomic E-state index is 0.234. The maximum Gasteiger partial charge on any atom is 0.316 e. The monoisotopic (exact) mass is 249 g/mol. The van der Waals surface area contributed by atoms with E-state index >= 15 is 0 Å². The minimum Gasteiger partial charge on any atom is -0.460 e. The molecule has 3 atom stereocenters. The van der Waals surface area contributed by atoms with Gasteiger partial charge < -0.3 is 10.5 Å². The van der Waals surface area contributed by atoms with Gasteiger partial charge in [0.15, 0.2) is 0 Å². The Morgan fingerprint density at radius 1 is 1.28 bits per heavy atom. The zero-order valence-corrected chi connectivity index (χ0v) is 11.5. The Bertz CT molecular complexity index is 377. The van der Waals surface area contributed by atoms with E-state index in [4.69, 9.17) is 10.5 Å². The van der Waals surface area contributed by atoms with Crippen LogP contribution in [-0.2, 0) is 0 Å². The molecule has 0 saturated heterocycles. The summed E-state index contributed by atoms with van der Waals surface area (Å²) in [4.78, 5) is 8.27. The van der Waals surface area contributed by atoms with Gasteiger partial charge in [-0.3, -0.25) is 0 Å². The molecule has 1 aromatic heterocycles. The van der Waals surface area contributed by atoms with Gasteiger partial charge in [0.1, 0.15) is 6.10 Å². The first kappa shape index (κ1) is 13.1. The second kappa shape index (κ2) is 5.55. The third-order valence-electron chi connectivity index (χ3n) is 3.87. The highest BCUT2D eigenvalue weighted by Gasteiger charge is 2.32. The molecule has 1 aliphatic rings. The Morgan fingerprint density at radius 2 is 1.94 bits per heavy atom. The molecule has 0 aromatic carbocycles. The molecule has 2 rings (SSSR count). The minimum atomic E-state index is 0.234. The lowest BCUT2D eigenvalue weighted by molar-refractivity contribution is 0.0390. The predicted octanol–water partition coefficient (Wildman–Crippen LogP) is 2.90. The largest absolute Gasteiger partial charge is 0.460 e. The zero-order chi connectivity index (χ0) is 13.1. The molecule has 1 aliphatic carbocycles. The fourth-order valence-electron chi connectivity index (χ4n) is 2.77. The average molecular weight is 249 g/mol. The fourth-order valence-corrected chi connectivity index (χ4v) is 2.77. The van der Waals surface area contributed by atoms with Crippen LogP contribution in [0.3, 0.4) is 0 Å². The van der Waals surface area contributed by atoms with E-state index < -0.39 is 0 Å². The van der Waals surface area contributed by atoms with E-state index in [0.29, 0.717) is 23.5 Å². The molecular formula is C14H23N3O. The van der Waals surface area contributed by atoms with Gasteiger partial charge in [0, 0.05) is 0 Å². The summed E-state index contributed by atoms with van der Waals surface area (Å²) in [6.45, 7) is 6.82. The number of aromatic nitrogens is 2. The van der Waals surface area contributed by atoms with Gasteiger partial charge in [0.25, 0.3) is 0 Å². The van der Waals surface area contributed by atoms with E-state index in [1.807, 2.05) is 0 Å². The number of nitrogen functional groups attached to an aromatic ring is 1. The van der Waals surface area contributed by atoms with Crippen LogP contribution in [0.1, 0.15) is 40.0 Å². The molecule has 18 heavy (non-hydrogen) atoms. The number of ether oxygens (including phenoxy) is 1. The van der Waals surface area contributed by atoms with Crippen LogP contribution in [0.5, 0.6) is 6.01 Å². The maximum atomic E-state index is 5.98. The number of hydrogen-bond acceptors (Lipinski definition) is 4. The number of hydrogen-bond donors (Lipinski definition) is 1. The molecule has 1 saturated carbocycles. The molecular weight excluding hydrogens is 226 g/mol. The first-order valence-corrected chi connectivity index (χ1v) is 6.80. The average Bonchev–Trinajstić information content (AvgIpc) is 2.32. The van der Waals surface area contributed by atoms with Gasteiger partial charge in [-0.2, -0.15) is 0 Å². The van der Waals surface area contributed by atoms with E-state index in [2.05, 4.69) is 30.7 Å². The van der Waals surface area contributed by atoms with E-state index in [0.717, 1.165) is 12.3 Å². The lowest BCUT2D eigenvalue weighted by atomic mass is 9.75. The van der Waals surface area contributed by atoms with Gasteiger partial charge in [-0.05, 0) is 30.6 Å². The molecule has 0 amide bonds. The summed E-state index contributed by atoms with van der Waals surface area (Å²) in [5.41, 5.74) is 6.15. The van der Waals surface area contributed by atoms with Crippen LogP contribution in [-0.4, -0.2) is 16.1 Å². The molecule has 2 N–H and O–H groups in total. The van der Waals surface area contributed by atoms with Crippen molar-refractivity contribution in [1.82, 2.24) is 9.97 Å². The highest BCUT2D eigenvalue weighted by Crippen LogP contribution is 2.35. The maximum absolute atomic E-state index is 5.98. The van der Waals surface area contributed by atoms with E-state index in [9.17, 15) is 0 Å². The Morgan fingerprint density at radius 3 is 2.56 bits per heavy atom. The summed E-state index contributed by atoms with van der Waals surface area (Å²) >= 11 is 0. The summed E-state index contributed by atoms with van der Waals surface area (Å²) in [6, 6.07) is 0.453. The van der Waals surface area contributed by atoms with Crippen LogP contribution in [0.15, 0.2) is 12.4 Å². The Hall–Kier alpha value is -1.32. The first-order chi connectivity index (χ1) is 8.56. The number of nitrogens with zero attached hydrogens (tertiary/aromatic N) is 2. The van der Waals surface area contributed by atoms with Gasteiger partial charge in [0.2, 0.25) is 0 Å². The number of rotatable bonds is 3. The van der Waals surface area contributed by atoms with Crippen molar-refractivity contribution in [2.24, 2.45) is 17.8 Å². The van der Waals surface area contributed by atoms with Crippen LogP contribution < -0.4 is 10.5 Å². The lowest BCUT2D eigenvalue weighted by Crippen LogP contribution is -2.36. The van der Waals surface area contributed by atoms with Crippen molar-refractivity contribution in [3.05, 3.63) is 12.4 Å². The van der Waals surface area contributed by atoms with Crippen molar-refractivity contribution < 1.29 is 4.74 Å². The van der Waals surface area contributed by atoms with Crippen molar-refractivity contribution >= 4 is 5.69 Å². The molecule has 4 heteroatoms. The number of nitrogens with two attached hydrogens (primary N) is 1. The van der Waals surface area contributed by atoms with Crippen LogP contribution in [0, 0.1) is 17.8 Å². The Kier molecular flexibility index (Phi) is 4.04. The highest BCUT2D eigenvalue weighted by atomic mass is 16.5. The molecule has 100 valence electrons. The molecule has 0 bridgehead atoms. The fraction of sp³-hybridized carbons (Fsp3) is 0.714. The molecule has 4 nitrogen and oxygen atoms in total. The molecule has 0 aliphatic heterocycles. The van der Waals surface area contributed by atoms with Gasteiger partial charge in [-0.15, -0.1) is 0 Å². The van der Waals surface area contributed by atoms with E-state index in [-0.39, 0.29) is 6.10 Å².